The zero-order valence-corrected chi connectivity index (χ0v) is 38.0. The van der Waals surface area contributed by atoms with Crippen LogP contribution in [-0.2, 0) is 10.8 Å². The molecule has 0 unspecified atom stereocenters. The molecule has 0 saturated heterocycles. The summed E-state index contributed by atoms with van der Waals surface area (Å²) < 4.78 is 12.6. The second-order valence-electron chi connectivity index (χ2n) is 19.3. The van der Waals surface area contributed by atoms with Gasteiger partial charge in [0.2, 0.25) is 0 Å². The Morgan fingerprint density at radius 1 is 0.590 bits per heavy atom. The minimum atomic E-state index is -0.0513. The topological polar surface area (TPSA) is 15.7 Å². The smallest absolute Gasteiger partial charge is 0.269 e. The van der Waals surface area contributed by atoms with Crippen LogP contribution < -0.4 is 30.2 Å². The third-order valence-electron chi connectivity index (χ3n) is 12.8. The molecule has 2 aliphatic heterocycles. The lowest BCUT2D eigenvalue weighted by molar-refractivity contribution is 0.493. The van der Waals surface area contributed by atoms with Crippen LogP contribution in [0.2, 0.25) is 0 Å². The fourth-order valence-electron chi connectivity index (χ4n) is 9.52. The normalized spacial score (nSPS) is 13.4. The zero-order chi connectivity index (χ0) is 42.1. The molecule has 4 heterocycles. The number of anilines is 6. The van der Waals surface area contributed by atoms with Crippen molar-refractivity contribution in [2.45, 2.75) is 73.1 Å². The summed E-state index contributed by atoms with van der Waals surface area (Å²) >= 11 is 3.81. The Kier molecular flexibility index (Phi) is 8.50. The van der Waals surface area contributed by atoms with Crippen LogP contribution in [0.1, 0.15) is 69.4 Å². The molecule has 3 nitrogen and oxygen atoms in total. The van der Waals surface area contributed by atoms with Crippen LogP contribution in [0.4, 0.5) is 34.1 Å². The maximum absolute atomic E-state index is 7.43. The van der Waals surface area contributed by atoms with Crippen molar-refractivity contribution in [3.8, 4) is 11.5 Å². The Morgan fingerprint density at radius 3 is 1.87 bits per heavy atom. The summed E-state index contributed by atoms with van der Waals surface area (Å²) in [6.07, 6.45) is 0. The highest BCUT2D eigenvalue weighted by Crippen LogP contribution is 2.52. The predicted molar refractivity (Wildman–Crippen MR) is 267 cm³/mol. The van der Waals surface area contributed by atoms with Crippen molar-refractivity contribution in [1.82, 2.24) is 0 Å². The highest BCUT2D eigenvalue weighted by Gasteiger charge is 2.46. The molecular formula is C55H49BN2OS2. The van der Waals surface area contributed by atoms with Gasteiger partial charge in [0.05, 0.1) is 16.1 Å². The van der Waals surface area contributed by atoms with E-state index in [0.29, 0.717) is 0 Å². The van der Waals surface area contributed by atoms with Gasteiger partial charge in [-0.15, -0.1) is 22.7 Å². The lowest BCUT2D eigenvalue weighted by Crippen LogP contribution is -2.58. The van der Waals surface area contributed by atoms with E-state index in [4.69, 9.17) is 4.74 Å². The quantitative estimate of drug-likeness (QED) is 0.164. The molecule has 9 aromatic rings. The van der Waals surface area contributed by atoms with E-state index in [-0.39, 0.29) is 17.5 Å². The van der Waals surface area contributed by atoms with E-state index in [0.717, 1.165) is 28.6 Å². The Labute approximate surface area is 368 Å². The summed E-state index contributed by atoms with van der Waals surface area (Å²) in [5, 5.41) is 3.72. The molecule has 61 heavy (non-hydrogen) atoms. The van der Waals surface area contributed by atoms with Crippen LogP contribution in [0.25, 0.3) is 30.3 Å². The highest BCUT2D eigenvalue weighted by atomic mass is 32.1. The first-order valence-electron chi connectivity index (χ1n) is 21.4. The first kappa shape index (κ1) is 38.1. The van der Waals surface area contributed by atoms with Crippen LogP contribution in [0.15, 0.2) is 133 Å². The monoisotopic (exact) mass is 828 g/mol. The van der Waals surface area contributed by atoms with Crippen LogP contribution in [0, 0.1) is 20.8 Å². The van der Waals surface area contributed by atoms with E-state index in [1.54, 1.807) is 0 Å². The number of thiophene rings is 2. The number of aryl methyl sites for hydroxylation is 3. The van der Waals surface area contributed by atoms with Gasteiger partial charge in [-0.3, -0.25) is 0 Å². The van der Waals surface area contributed by atoms with Crippen molar-refractivity contribution in [2.75, 3.05) is 9.80 Å². The summed E-state index contributed by atoms with van der Waals surface area (Å²) in [6.45, 7) is 20.3. The van der Waals surface area contributed by atoms with Crippen molar-refractivity contribution >= 4 is 109 Å². The van der Waals surface area contributed by atoms with Crippen molar-refractivity contribution < 1.29 is 4.74 Å². The Hall–Kier alpha value is -5.82. The van der Waals surface area contributed by atoms with E-state index in [2.05, 4.69) is 206 Å². The van der Waals surface area contributed by atoms with Gasteiger partial charge in [-0.05, 0) is 132 Å². The standard InChI is InChI=1S/C55H49BN2OS2/c1-32-14-21-37(22-15-32)57(38-23-16-33(2)17-24-38)44-31-42-51(48-40-12-10-11-13-46(40)60-52(44)48)59-45-29-34(3)28-43-49(45)56(42)53-50(41-30-36(55(7,8)9)20-27-47(41)61-53)58(43)39-25-18-35(19-26-39)54(4,5)6/h10-31H,1-9H3. The van der Waals surface area contributed by atoms with Crippen LogP contribution >= 0.6 is 22.7 Å². The molecule has 0 atom stereocenters. The first-order chi connectivity index (χ1) is 29.2. The van der Waals surface area contributed by atoms with Gasteiger partial charge in [-0.2, -0.15) is 0 Å². The number of hydrogen-bond acceptors (Lipinski definition) is 5. The SMILES string of the molecule is Cc1ccc(N(c2ccc(C)cc2)c2cc3c(c4c2sc2ccccc24)Oc2cc(C)cc4c2B3c2sc3ccc(C(C)(C)C)cc3c2N4c2ccc(C(C)(C)C)cc2)cc1. The summed E-state index contributed by atoms with van der Waals surface area (Å²) in [6, 6.07) is 50.5. The number of benzene rings is 7. The number of nitrogens with zero attached hydrogens (tertiary/aromatic N) is 2. The average Bonchev–Trinajstić information content (AvgIpc) is 3.81. The van der Waals surface area contributed by atoms with Gasteiger partial charge in [-0.1, -0.05) is 113 Å². The third-order valence-corrected chi connectivity index (χ3v) is 15.2. The van der Waals surface area contributed by atoms with Gasteiger partial charge in [0.25, 0.3) is 6.71 Å². The Balaban J connectivity index is 1.25. The molecule has 300 valence electrons. The first-order valence-corrected chi connectivity index (χ1v) is 23.1. The molecular weight excluding hydrogens is 780 g/mol. The van der Waals surface area contributed by atoms with Gasteiger partial charge in [-0.25, -0.2) is 0 Å². The van der Waals surface area contributed by atoms with Crippen LogP contribution in [0.3, 0.4) is 0 Å². The Morgan fingerprint density at radius 2 is 1.21 bits per heavy atom. The fourth-order valence-corrected chi connectivity index (χ4v) is 12.0. The summed E-state index contributed by atoms with van der Waals surface area (Å²) in [5.41, 5.74) is 15.9. The minimum Gasteiger partial charge on any atom is -0.458 e. The van der Waals surface area contributed by atoms with E-state index >= 15 is 0 Å². The zero-order valence-electron chi connectivity index (χ0n) is 36.4. The van der Waals surface area contributed by atoms with E-state index in [1.165, 1.54) is 90.8 Å². The molecule has 0 bridgehead atoms. The minimum absolute atomic E-state index is 0.000262. The van der Waals surface area contributed by atoms with Crippen LogP contribution in [0.5, 0.6) is 11.5 Å². The second kappa shape index (κ2) is 13.6. The molecule has 0 aliphatic carbocycles. The summed E-state index contributed by atoms with van der Waals surface area (Å²) in [5.74, 6) is 1.92. The number of ether oxygens (including phenoxy) is 1. The number of fused-ring (bicyclic) bond motifs is 10. The second-order valence-corrected chi connectivity index (χ2v) is 21.4. The lowest BCUT2D eigenvalue weighted by atomic mass is 9.36. The van der Waals surface area contributed by atoms with Gasteiger partial charge in [0.15, 0.2) is 0 Å². The lowest BCUT2D eigenvalue weighted by Gasteiger charge is -2.39. The molecule has 0 N–H and O–H groups in total. The number of rotatable bonds is 4. The van der Waals surface area contributed by atoms with Gasteiger partial charge in [0.1, 0.15) is 11.5 Å². The Bertz CT molecular complexity index is 3170. The third kappa shape index (κ3) is 6.05. The van der Waals surface area contributed by atoms with Crippen molar-refractivity contribution in [3.63, 3.8) is 0 Å². The van der Waals surface area contributed by atoms with Gasteiger partial charge < -0.3 is 14.5 Å². The largest absolute Gasteiger partial charge is 0.458 e. The molecule has 0 spiro atoms. The molecule has 0 amide bonds. The maximum atomic E-state index is 7.43. The molecule has 0 saturated carbocycles. The van der Waals surface area contributed by atoms with E-state index < -0.39 is 0 Å². The van der Waals surface area contributed by atoms with Crippen molar-refractivity contribution in [3.05, 3.63) is 161 Å². The molecule has 2 aliphatic rings. The van der Waals surface area contributed by atoms with E-state index in [1.807, 2.05) is 22.7 Å². The summed E-state index contributed by atoms with van der Waals surface area (Å²) in [4.78, 5) is 5.02. The molecule has 6 heteroatoms. The molecule has 11 rings (SSSR count). The van der Waals surface area contributed by atoms with Gasteiger partial charge in [0, 0.05) is 53.1 Å². The molecule has 0 radical (unpaired) electrons. The fraction of sp³-hybridized carbons (Fsp3) is 0.200. The van der Waals surface area contributed by atoms with Crippen molar-refractivity contribution in [1.29, 1.82) is 0 Å². The predicted octanol–water partition coefficient (Wildman–Crippen LogP) is 14.7. The molecule has 2 aromatic heterocycles. The van der Waals surface area contributed by atoms with Crippen LogP contribution in [-0.4, -0.2) is 6.71 Å². The maximum Gasteiger partial charge on any atom is 0.269 e. The van der Waals surface area contributed by atoms with Crippen molar-refractivity contribution in [2.24, 2.45) is 0 Å². The highest BCUT2D eigenvalue weighted by molar-refractivity contribution is 7.33. The molecule has 0 fully saturated rings. The molecule has 7 aromatic carbocycles. The average molecular weight is 829 g/mol. The van der Waals surface area contributed by atoms with Gasteiger partial charge >= 0.3 is 0 Å². The number of hydrogen-bond donors (Lipinski definition) is 0. The summed E-state index contributed by atoms with van der Waals surface area (Å²) in [7, 11) is 0. The van der Waals surface area contributed by atoms with E-state index in [9.17, 15) is 0 Å².